The SMILES string of the molecule is COOSc1ccc(C2=C(c3ccccc3)C(=O)C3(CCCC3)O2)cc1. The molecule has 26 heavy (non-hydrogen) atoms. The van der Waals surface area contributed by atoms with Gasteiger partial charge in [0, 0.05) is 10.5 Å². The minimum atomic E-state index is -0.674. The van der Waals surface area contributed by atoms with Crippen molar-refractivity contribution in [3.05, 3.63) is 65.7 Å². The van der Waals surface area contributed by atoms with Gasteiger partial charge >= 0.3 is 0 Å². The maximum Gasteiger partial charge on any atom is 0.210 e. The van der Waals surface area contributed by atoms with Crippen molar-refractivity contribution >= 4 is 29.2 Å². The Bertz CT molecular complexity index is 821. The number of Topliss-reactive ketones (excluding diaryl/α,β-unsaturated/α-hetero) is 1. The van der Waals surface area contributed by atoms with Gasteiger partial charge in [-0.25, -0.2) is 4.89 Å². The quantitative estimate of drug-likeness (QED) is 0.420. The highest BCUT2D eigenvalue weighted by Crippen LogP contribution is 2.48. The fraction of sp³-hybridized carbons (Fsp3) is 0.286. The maximum absolute atomic E-state index is 13.3. The zero-order valence-corrected chi connectivity index (χ0v) is 15.4. The van der Waals surface area contributed by atoms with E-state index in [9.17, 15) is 4.79 Å². The Morgan fingerprint density at radius 3 is 2.31 bits per heavy atom. The molecule has 1 saturated carbocycles. The highest BCUT2D eigenvalue weighted by molar-refractivity contribution is 7.94. The third-order valence-corrected chi connectivity index (χ3v) is 5.62. The summed E-state index contributed by atoms with van der Waals surface area (Å²) in [7, 11) is 1.47. The first-order valence-corrected chi connectivity index (χ1v) is 9.49. The fourth-order valence-electron chi connectivity index (χ4n) is 3.70. The lowest BCUT2D eigenvalue weighted by atomic mass is 9.89. The summed E-state index contributed by atoms with van der Waals surface area (Å²) in [4.78, 5) is 18.8. The molecule has 0 atom stereocenters. The van der Waals surface area contributed by atoms with E-state index in [1.54, 1.807) is 0 Å². The molecule has 0 saturated heterocycles. The number of carbonyl (C=O) groups is 1. The van der Waals surface area contributed by atoms with Crippen LogP contribution in [-0.2, 0) is 18.8 Å². The number of benzene rings is 2. The molecule has 134 valence electrons. The first-order valence-electron chi connectivity index (χ1n) is 8.75. The molecule has 2 aromatic carbocycles. The minimum Gasteiger partial charge on any atom is -0.478 e. The van der Waals surface area contributed by atoms with Gasteiger partial charge in [-0.05, 0) is 43.4 Å². The lowest BCUT2D eigenvalue weighted by Gasteiger charge is -2.22. The first kappa shape index (κ1) is 17.3. The lowest BCUT2D eigenvalue weighted by Crippen LogP contribution is -2.33. The van der Waals surface area contributed by atoms with Gasteiger partial charge in [0.2, 0.25) is 5.78 Å². The predicted octanol–water partition coefficient (Wildman–Crippen LogP) is 5.05. The van der Waals surface area contributed by atoms with Crippen molar-refractivity contribution in [2.45, 2.75) is 36.2 Å². The van der Waals surface area contributed by atoms with E-state index in [-0.39, 0.29) is 5.78 Å². The number of hydrogen-bond acceptors (Lipinski definition) is 5. The second-order valence-electron chi connectivity index (χ2n) is 6.55. The van der Waals surface area contributed by atoms with Crippen LogP contribution in [0.2, 0.25) is 0 Å². The summed E-state index contributed by atoms with van der Waals surface area (Å²) < 4.78 is 11.3. The zero-order chi connectivity index (χ0) is 18.0. The molecule has 1 spiro atoms. The molecule has 1 aliphatic heterocycles. The average molecular weight is 368 g/mol. The van der Waals surface area contributed by atoms with Crippen molar-refractivity contribution in [2.75, 3.05) is 7.11 Å². The number of ketones is 1. The maximum atomic E-state index is 13.3. The van der Waals surface area contributed by atoms with Crippen LogP contribution in [-0.4, -0.2) is 18.5 Å². The molecule has 0 aromatic heterocycles. The molecule has 0 unspecified atom stereocenters. The van der Waals surface area contributed by atoms with Crippen LogP contribution in [0, 0.1) is 0 Å². The summed E-state index contributed by atoms with van der Waals surface area (Å²) >= 11 is 1.14. The monoisotopic (exact) mass is 368 g/mol. The van der Waals surface area contributed by atoms with Gasteiger partial charge < -0.3 is 4.74 Å². The minimum absolute atomic E-state index is 0.123. The van der Waals surface area contributed by atoms with Crippen LogP contribution in [0.25, 0.3) is 11.3 Å². The van der Waals surface area contributed by atoms with E-state index in [4.69, 9.17) is 9.07 Å². The molecule has 0 radical (unpaired) electrons. The van der Waals surface area contributed by atoms with Gasteiger partial charge in [-0.3, -0.25) is 4.79 Å². The van der Waals surface area contributed by atoms with E-state index in [0.717, 1.165) is 53.7 Å². The molecule has 2 aromatic rings. The summed E-state index contributed by atoms with van der Waals surface area (Å²) in [5.41, 5.74) is 1.84. The molecule has 1 aliphatic carbocycles. The molecule has 1 heterocycles. The lowest BCUT2D eigenvalue weighted by molar-refractivity contribution is -0.160. The Kier molecular flexibility index (Phi) is 4.85. The van der Waals surface area contributed by atoms with Crippen molar-refractivity contribution in [2.24, 2.45) is 0 Å². The van der Waals surface area contributed by atoms with Gasteiger partial charge in [0.05, 0.1) is 24.7 Å². The Labute approximate surface area is 157 Å². The van der Waals surface area contributed by atoms with Crippen molar-refractivity contribution in [1.82, 2.24) is 0 Å². The third kappa shape index (κ3) is 3.07. The number of rotatable bonds is 5. The van der Waals surface area contributed by atoms with Crippen molar-refractivity contribution in [3.8, 4) is 0 Å². The van der Waals surface area contributed by atoms with Crippen LogP contribution in [0.3, 0.4) is 0 Å². The molecule has 2 aliphatic rings. The van der Waals surface area contributed by atoms with Crippen LogP contribution in [0.4, 0.5) is 0 Å². The molecule has 4 rings (SSSR count). The summed E-state index contributed by atoms with van der Waals surface area (Å²) in [6.45, 7) is 0. The molecule has 5 heteroatoms. The van der Waals surface area contributed by atoms with Crippen molar-refractivity contribution < 1.29 is 18.8 Å². The fourth-order valence-corrected chi connectivity index (χ4v) is 4.10. The highest BCUT2D eigenvalue weighted by atomic mass is 32.2. The summed E-state index contributed by atoms with van der Waals surface area (Å²) in [6.07, 6.45) is 3.65. The third-order valence-electron chi connectivity index (χ3n) is 4.95. The van der Waals surface area contributed by atoms with Gasteiger partial charge in [-0.1, -0.05) is 42.5 Å². The van der Waals surface area contributed by atoms with Crippen LogP contribution in [0.5, 0.6) is 0 Å². The Balaban J connectivity index is 1.74. The highest BCUT2D eigenvalue weighted by Gasteiger charge is 2.51. The second-order valence-corrected chi connectivity index (χ2v) is 7.32. The molecule has 0 N–H and O–H groups in total. The first-order chi connectivity index (χ1) is 12.7. The summed E-state index contributed by atoms with van der Waals surface area (Å²) in [6, 6.07) is 17.6. The van der Waals surface area contributed by atoms with E-state index in [0.29, 0.717) is 11.3 Å². The van der Waals surface area contributed by atoms with E-state index in [1.807, 2.05) is 54.6 Å². The Morgan fingerprint density at radius 2 is 1.65 bits per heavy atom. The molecular weight excluding hydrogens is 348 g/mol. The average Bonchev–Trinajstić information content (AvgIpc) is 3.27. The van der Waals surface area contributed by atoms with E-state index in [2.05, 4.69) is 4.89 Å². The Hall–Kier alpha value is -2.08. The van der Waals surface area contributed by atoms with Gasteiger partial charge in [0.15, 0.2) is 5.60 Å². The van der Waals surface area contributed by atoms with Crippen molar-refractivity contribution in [1.29, 1.82) is 0 Å². The number of ether oxygens (including phenoxy) is 1. The van der Waals surface area contributed by atoms with Crippen LogP contribution < -0.4 is 0 Å². The van der Waals surface area contributed by atoms with Crippen LogP contribution >= 0.6 is 12.0 Å². The van der Waals surface area contributed by atoms with E-state index < -0.39 is 5.60 Å². The predicted molar refractivity (Wildman–Crippen MR) is 101 cm³/mol. The summed E-state index contributed by atoms with van der Waals surface area (Å²) in [5, 5.41) is 0. The van der Waals surface area contributed by atoms with E-state index in [1.165, 1.54) is 7.11 Å². The number of hydrogen-bond donors (Lipinski definition) is 0. The second kappa shape index (κ2) is 7.27. The molecule has 4 nitrogen and oxygen atoms in total. The normalized spacial score (nSPS) is 18.6. The van der Waals surface area contributed by atoms with Gasteiger partial charge in [-0.15, -0.1) is 0 Å². The topological polar surface area (TPSA) is 44.8 Å². The van der Waals surface area contributed by atoms with E-state index >= 15 is 0 Å². The van der Waals surface area contributed by atoms with Crippen LogP contribution in [0.1, 0.15) is 36.8 Å². The largest absolute Gasteiger partial charge is 0.478 e. The van der Waals surface area contributed by atoms with Crippen molar-refractivity contribution in [3.63, 3.8) is 0 Å². The van der Waals surface area contributed by atoms with Crippen LogP contribution in [0.15, 0.2) is 59.5 Å². The molecular formula is C21H20O4S. The Morgan fingerprint density at radius 1 is 0.962 bits per heavy atom. The molecule has 1 fully saturated rings. The smallest absolute Gasteiger partial charge is 0.210 e. The standard InChI is InChI=1S/C21H20O4S/c1-23-25-26-17-11-9-16(10-12-17)19-18(15-7-3-2-4-8-15)20(22)21(24-19)13-5-6-14-21/h2-4,7-12H,5-6,13-14H2,1H3. The van der Waals surface area contributed by atoms with Gasteiger partial charge in [0.1, 0.15) is 5.76 Å². The summed E-state index contributed by atoms with van der Waals surface area (Å²) in [5.74, 6) is 0.810. The molecule has 0 bridgehead atoms. The van der Waals surface area contributed by atoms with Gasteiger partial charge in [0.25, 0.3) is 0 Å². The van der Waals surface area contributed by atoms with Gasteiger partial charge in [-0.2, -0.15) is 4.33 Å². The molecule has 0 amide bonds. The number of carbonyl (C=O) groups excluding carboxylic acids is 1. The zero-order valence-electron chi connectivity index (χ0n) is 14.6.